The van der Waals surface area contributed by atoms with Gasteiger partial charge in [-0.25, -0.2) is 0 Å². The van der Waals surface area contributed by atoms with E-state index in [1.807, 2.05) is 19.1 Å². The fraction of sp³-hybridized carbons (Fsp3) is 0.267. The van der Waals surface area contributed by atoms with Gasteiger partial charge in [-0.15, -0.1) is 0 Å². The van der Waals surface area contributed by atoms with Crippen molar-refractivity contribution >= 4 is 15.9 Å². The van der Waals surface area contributed by atoms with Crippen LogP contribution in [0.4, 0.5) is 8.78 Å². The minimum absolute atomic E-state index is 0.0754. The van der Waals surface area contributed by atoms with E-state index in [-0.39, 0.29) is 11.8 Å². The molecule has 0 aliphatic rings. The molecule has 1 aromatic heterocycles. The number of hydrogen-bond donors (Lipinski definition) is 1. The molecule has 1 atom stereocenters. The minimum Gasteiger partial charge on any atom is -0.434 e. The Labute approximate surface area is 130 Å². The summed E-state index contributed by atoms with van der Waals surface area (Å²) >= 11 is 3.34. The first kappa shape index (κ1) is 15.9. The Balaban J connectivity index is 2.07. The molecular formula is C15H15BrF2N2O. The van der Waals surface area contributed by atoms with E-state index in [4.69, 9.17) is 0 Å². The van der Waals surface area contributed by atoms with E-state index < -0.39 is 6.61 Å². The first-order valence-corrected chi connectivity index (χ1v) is 7.22. The number of hydrogen-bond acceptors (Lipinski definition) is 3. The van der Waals surface area contributed by atoms with Crippen LogP contribution in [0.2, 0.25) is 0 Å². The fourth-order valence-corrected chi connectivity index (χ4v) is 2.34. The zero-order chi connectivity index (χ0) is 15.2. The van der Waals surface area contributed by atoms with E-state index in [2.05, 4.69) is 31.0 Å². The third kappa shape index (κ3) is 4.75. The van der Waals surface area contributed by atoms with Gasteiger partial charge in [-0.05, 0) is 42.8 Å². The van der Waals surface area contributed by atoms with Crippen molar-refractivity contribution in [2.75, 3.05) is 0 Å². The van der Waals surface area contributed by atoms with Crippen LogP contribution in [0, 0.1) is 0 Å². The fourth-order valence-electron chi connectivity index (χ4n) is 1.93. The third-order valence-electron chi connectivity index (χ3n) is 3.04. The maximum absolute atomic E-state index is 12.4. The van der Waals surface area contributed by atoms with Crippen molar-refractivity contribution in [3.63, 3.8) is 0 Å². The van der Waals surface area contributed by atoms with E-state index in [0.717, 1.165) is 10.0 Å². The average molecular weight is 357 g/mol. The highest BCUT2D eigenvalue weighted by atomic mass is 79.9. The molecule has 0 aliphatic carbocycles. The highest BCUT2D eigenvalue weighted by Crippen LogP contribution is 2.25. The van der Waals surface area contributed by atoms with Crippen LogP contribution in [0.3, 0.4) is 0 Å². The number of nitrogens with one attached hydrogen (secondary N) is 1. The number of halogens is 3. The molecule has 2 rings (SSSR count). The van der Waals surface area contributed by atoms with Crippen molar-refractivity contribution in [1.82, 2.24) is 10.3 Å². The van der Waals surface area contributed by atoms with Crippen molar-refractivity contribution in [2.24, 2.45) is 0 Å². The summed E-state index contributed by atoms with van der Waals surface area (Å²) < 4.78 is 30.2. The van der Waals surface area contributed by atoms with Gasteiger partial charge in [0, 0.05) is 35.0 Å². The summed E-state index contributed by atoms with van der Waals surface area (Å²) in [4.78, 5) is 3.97. The van der Waals surface area contributed by atoms with Gasteiger partial charge in [0.15, 0.2) is 0 Å². The van der Waals surface area contributed by atoms with Crippen LogP contribution in [0.15, 0.2) is 47.2 Å². The van der Waals surface area contributed by atoms with Crippen molar-refractivity contribution in [1.29, 1.82) is 0 Å². The predicted molar refractivity (Wildman–Crippen MR) is 80.3 cm³/mol. The Morgan fingerprint density at radius 1 is 1.24 bits per heavy atom. The third-order valence-corrected chi connectivity index (χ3v) is 3.54. The Bertz CT molecular complexity index is 581. The van der Waals surface area contributed by atoms with Gasteiger partial charge in [-0.1, -0.05) is 15.9 Å². The number of pyridine rings is 1. The molecule has 0 saturated heterocycles. The molecule has 0 fully saturated rings. The summed E-state index contributed by atoms with van der Waals surface area (Å²) in [6, 6.07) is 8.87. The van der Waals surface area contributed by atoms with Crippen LogP contribution in [0.25, 0.3) is 0 Å². The SMILES string of the molecule is CC(NCc1cc(Br)ccc1OC(F)F)c1ccncc1. The number of benzene rings is 1. The van der Waals surface area contributed by atoms with E-state index in [9.17, 15) is 8.78 Å². The zero-order valence-electron chi connectivity index (χ0n) is 11.4. The van der Waals surface area contributed by atoms with Crippen LogP contribution in [-0.4, -0.2) is 11.6 Å². The molecule has 21 heavy (non-hydrogen) atoms. The van der Waals surface area contributed by atoms with Crippen LogP contribution >= 0.6 is 15.9 Å². The lowest BCUT2D eigenvalue weighted by Crippen LogP contribution is -2.19. The molecule has 0 aliphatic heterocycles. The lowest BCUT2D eigenvalue weighted by Gasteiger charge is -2.16. The molecule has 0 amide bonds. The monoisotopic (exact) mass is 356 g/mol. The first-order chi connectivity index (χ1) is 10.1. The topological polar surface area (TPSA) is 34.1 Å². The van der Waals surface area contributed by atoms with Gasteiger partial charge < -0.3 is 10.1 Å². The predicted octanol–water partition coefficient (Wildman–Crippen LogP) is 4.30. The number of rotatable bonds is 6. The van der Waals surface area contributed by atoms with E-state index in [1.165, 1.54) is 6.07 Å². The van der Waals surface area contributed by atoms with E-state index in [1.54, 1.807) is 24.5 Å². The molecule has 1 unspecified atom stereocenters. The number of ether oxygens (including phenoxy) is 1. The molecule has 1 heterocycles. The van der Waals surface area contributed by atoms with Crippen LogP contribution in [-0.2, 0) is 6.54 Å². The van der Waals surface area contributed by atoms with Crippen LogP contribution < -0.4 is 10.1 Å². The van der Waals surface area contributed by atoms with Gasteiger partial charge in [0.25, 0.3) is 0 Å². The second-order valence-electron chi connectivity index (χ2n) is 4.51. The number of nitrogens with zero attached hydrogens (tertiary/aromatic N) is 1. The lowest BCUT2D eigenvalue weighted by molar-refractivity contribution is -0.0505. The summed E-state index contributed by atoms with van der Waals surface area (Å²) in [5.41, 5.74) is 1.75. The van der Waals surface area contributed by atoms with Crippen molar-refractivity contribution < 1.29 is 13.5 Å². The summed E-state index contributed by atoms with van der Waals surface area (Å²) in [7, 11) is 0. The van der Waals surface area contributed by atoms with E-state index >= 15 is 0 Å². The molecule has 1 N–H and O–H groups in total. The van der Waals surface area contributed by atoms with Crippen molar-refractivity contribution in [2.45, 2.75) is 26.1 Å². The highest BCUT2D eigenvalue weighted by Gasteiger charge is 2.11. The Morgan fingerprint density at radius 2 is 1.95 bits per heavy atom. The van der Waals surface area contributed by atoms with Crippen molar-refractivity contribution in [3.05, 3.63) is 58.3 Å². The van der Waals surface area contributed by atoms with Crippen molar-refractivity contribution in [3.8, 4) is 5.75 Å². The largest absolute Gasteiger partial charge is 0.434 e. The molecular weight excluding hydrogens is 342 g/mol. The summed E-state index contributed by atoms with van der Waals surface area (Å²) in [5, 5.41) is 3.28. The van der Waals surface area contributed by atoms with Gasteiger partial charge >= 0.3 is 6.61 Å². The van der Waals surface area contributed by atoms with Gasteiger partial charge in [0.2, 0.25) is 0 Å². The second kappa shape index (κ2) is 7.47. The van der Waals surface area contributed by atoms with Crippen LogP contribution in [0.5, 0.6) is 5.75 Å². The van der Waals surface area contributed by atoms with Gasteiger partial charge in [-0.3, -0.25) is 4.98 Å². The summed E-state index contributed by atoms with van der Waals surface area (Å²) in [6.07, 6.45) is 3.44. The Hall–Kier alpha value is -1.53. The minimum atomic E-state index is -2.83. The average Bonchev–Trinajstić information content (AvgIpc) is 2.47. The van der Waals surface area contributed by atoms with E-state index in [0.29, 0.717) is 12.1 Å². The highest BCUT2D eigenvalue weighted by molar-refractivity contribution is 9.10. The Kier molecular flexibility index (Phi) is 5.64. The molecule has 2 aromatic rings. The molecule has 0 bridgehead atoms. The van der Waals surface area contributed by atoms with Crippen LogP contribution in [0.1, 0.15) is 24.1 Å². The molecule has 6 heteroatoms. The maximum Gasteiger partial charge on any atom is 0.387 e. The molecule has 112 valence electrons. The molecule has 0 radical (unpaired) electrons. The molecule has 0 saturated carbocycles. The normalized spacial score (nSPS) is 12.4. The summed E-state index contributed by atoms with van der Waals surface area (Å²) in [5.74, 6) is 0.183. The second-order valence-corrected chi connectivity index (χ2v) is 5.43. The quantitative estimate of drug-likeness (QED) is 0.837. The first-order valence-electron chi connectivity index (χ1n) is 6.43. The zero-order valence-corrected chi connectivity index (χ0v) is 13.0. The maximum atomic E-state index is 12.4. The van der Waals surface area contributed by atoms with Gasteiger partial charge in [-0.2, -0.15) is 8.78 Å². The summed E-state index contributed by atoms with van der Waals surface area (Å²) in [6.45, 7) is -0.408. The standard InChI is InChI=1S/C15H15BrF2N2O/c1-10(11-4-6-19-7-5-11)20-9-12-8-13(16)2-3-14(12)21-15(17)18/h2-8,10,15,20H,9H2,1H3. The number of aromatic nitrogens is 1. The van der Waals surface area contributed by atoms with Gasteiger partial charge in [0.1, 0.15) is 5.75 Å². The number of alkyl halides is 2. The molecule has 0 spiro atoms. The smallest absolute Gasteiger partial charge is 0.387 e. The molecule has 1 aromatic carbocycles. The molecule has 3 nitrogen and oxygen atoms in total. The Morgan fingerprint density at radius 3 is 2.62 bits per heavy atom. The lowest BCUT2D eigenvalue weighted by atomic mass is 10.1. The van der Waals surface area contributed by atoms with Gasteiger partial charge in [0.05, 0.1) is 0 Å².